The average Bonchev–Trinajstić information content (AvgIpc) is 3.31. The minimum atomic E-state index is -1.27. The second-order valence-corrected chi connectivity index (χ2v) is 11.0. The number of esters is 1. The smallest absolute Gasteiger partial charge is 0.407 e. The van der Waals surface area contributed by atoms with E-state index in [4.69, 9.17) is 9.47 Å². The number of benzene rings is 3. The number of rotatable bonds is 11. The molecule has 0 heterocycles. The maximum absolute atomic E-state index is 14.2. The molecule has 1 N–H and O–H groups in total. The average molecular weight is 557 g/mol. The molecule has 4 rings (SSSR count). The number of nitrogens with zero attached hydrogens (tertiary/aromatic N) is 1. The predicted octanol–water partition coefficient (Wildman–Crippen LogP) is 6.31. The zero-order valence-electron chi connectivity index (χ0n) is 24.6. The highest BCUT2D eigenvalue weighted by Crippen LogP contribution is 2.44. The molecule has 41 heavy (non-hydrogen) atoms. The van der Waals surface area contributed by atoms with Crippen molar-refractivity contribution in [2.24, 2.45) is 5.92 Å². The van der Waals surface area contributed by atoms with E-state index in [1.807, 2.05) is 68.4 Å². The van der Waals surface area contributed by atoms with Crippen molar-refractivity contribution in [1.82, 2.24) is 10.2 Å². The minimum absolute atomic E-state index is 0.0942. The third-order valence-electron chi connectivity index (χ3n) is 8.00. The zero-order valence-corrected chi connectivity index (χ0v) is 24.6. The summed E-state index contributed by atoms with van der Waals surface area (Å²) in [5, 5.41) is 2.84. The Labute approximate surface area is 242 Å². The predicted molar refractivity (Wildman–Crippen MR) is 159 cm³/mol. The number of nitrogens with one attached hydrogen (secondary N) is 1. The highest BCUT2D eigenvalue weighted by atomic mass is 16.5. The second-order valence-electron chi connectivity index (χ2n) is 11.0. The summed E-state index contributed by atoms with van der Waals surface area (Å²) in [7, 11) is 0. The fourth-order valence-electron chi connectivity index (χ4n) is 5.35. The molecule has 0 spiro atoms. The molecule has 3 aromatic carbocycles. The molecule has 0 fully saturated rings. The molecule has 3 aromatic rings. The van der Waals surface area contributed by atoms with Gasteiger partial charge < -0.3 is 19.7 Å². The molecule has 0 unspecified atom stereocenters. The van der Waals surface area contributed by atoms with Crippen LogP contribution in [0.15, 0.2) is 78.9 Å². The first-order valence-corrected chi connectivity index (χ1v) is 14.3. The van der Waals surface area contributed by atoms with Crippen molar-refractivity contribution in [3.05, 3.63) is 95.6 Å². The van der Waals surface area contributed by atoms with E-state index >= 15 is 0 Å². The van der Waals surface area contributed by atoms with Crippen LogP contribution in [0.5, 0.6) is 0 Å². The maximum atomic E-state index is 14.2. The molecule has 1 aliphatic rings. The van der Waals surface area contributed by atoms with Crippen LogP contribution in [0.25, 0.3) is 11.1 Å². The number of amides is 2. The number of hydrogen-bond donors (Lipinski definition) is 1. The van der Waals surface area contributed by atoms with E-state index in [1.54, 1.807) is 20.8 Å². The number of hydrogen-bond acceptors (Lipinski definition) is 5. The summed E-state index contributed by atoms with van der Waals surface area (Å²) < 4.78 is 11.1. The van der Waals surface area contributed by atoms with Gasteiger partial charge >= 0.3 is 12.1 Å². The summed E-state index contributed by atoms with van der Waals surface area (Å²) in [4.78, 5) is 41.9. The first kappa shape index (κ1) is 29.8. The summed E-state index contributed by atoms with van der Waals surface area (Å²) >= 11 is 0. The third kappa shape index (κ3) is 6.45. The Morgan fingerprint density at radius 1 is 0.854 bits per heavy atom. The summed E-state index contributed by atoms with van der Waals surface area (Å²) in [6.45, 7) is 9.47. The molecular formula is C34H40N2O5. The van der Waals surface area contributed by atoms with Crippen molar-refractivity contribution in [3.63, 3.8) is 0 Å². The van der Waals surface area contributed by atoms with Crippen molar-refractivity contribution in [3.8, 4) is 11.1 Å². The summed E-state index contributed by atoms with van der Waals surface area (Å²) in [5.74, 6) is -1.18. The molecule has 1 aliphatic carbocycles. The maximum Gasteiger partial charge on any atom is 0.407 e. The number of carbonyl (C=O) groups excluding carboxylic acids is 3. The first-order chi connectivity index (χ1) is 19.7. The standard InChI is InChI=1S/C34H40N2O5/c1-6-23(3)30(31(37)36(21-24-15-9-8-10-16-24)34(4,5)32(38)40-7-2)35-33(39)41-22-29-27-19-13-11-17-25(27)26-18-12-14-20-28(26)29/h8-20,23,29-30H,6-7,21-22H2,1-5H3,(H,35,39)/t23-,30-/m0/s1. The van der Waals surface area contributed by atoms with Gasteiger partial charge in [-0.2, -0.15) is 0 Å². The Morgan fingerprint density at radius 2 is 1.41 bits per heavy atom. The van der Waals surface area contributed by atoms with Crippen LogP contribution < -0.4 is 5.32 Å². The van der Waals surface area contributed by atoms with Crippen LogP contribution in [0.2, 0.25) is 0 Å². The van der Waals surface area contributed by atoms with Gasteiger partial charge in [-0.15, -0.1) is 0 Å². The van der Waals surface area contributed by atoms with Crippen LogP contribution >= 0.6 is 0 Å². The molecule has 0 saturated carbocycles. The summed E-state index contributed by atoms with van der Waals surface area (Å²) in [5.41, 5.74) is 4.10. The van der Waals surface area contributed by atoms with Crippen LogP contribution in [0.3, 0.4) is 0 Å². The van der Waals surface area contributed by atoms with E-state index in [-0.39, 0.29) is 37.5 Å². The van der Waals surface area contributed by atoms with Crippen LogP contribution in [-0.4, -0.2) is 47.7 Å². The monoisotopic (exact) mass is 556 g/mol. The number of fused-ring (bicyclic) bond motifs is 3. The molecule has 0 radical (unpaired) electrons. The van der Waals surface area contributed by atoms with E-state index in [0.717, 1.165) is 27.8 Å². The Kier molecular flexibility index (Phi) is 9.48. The van der Waals surface area contributed by atoms with Gasteiger partial charge in [0.2, 0.25) is 5.91 Å². The van der Waals surface area contributed by atoms with Crippen LogP contribution in [0, 0.1) is 5.92 Å². The van der Waals surface area contributed by atoms with Gasteiger partial charge in [-0.25, -0.2) is 9.59 Å². The number of carbonyl (C=O) groups is 3. The summed E-state index contributed by atoms with van der Waals surface area (Å²) in [6.07, 6.45) is -0.0295. The largest absolute Gasteiger partial charge is 0.464 e. The molecule has 2 atom stereocenters. The van der Waals surface area contributed by atoms with Gasteiger partial charge in [0.15, 0.2) is 0 Å². The number of alkyl carbamates (subject to hydrolysis) is 1. The molecule has 216 valence electrons. The Balaban J connectivity index is 1.54. The molecule has 0 aromatic heterocycles. The van der Waals surface area contributed by atoms with Crippen molar-refractivity contribution in [1.29, 1.82) is 0 Å². The van der Waals surface area contributed by atoms with Crippen LogP contribution in [0.4, 0.5) is 4.79 Å². The van der Waals surface area contributed by atoms with Crippen LogP contribution in [0.1, 0.15) is 63.6 Å². The lowest BCUT2D eigenvalue weighted by atomic mass is 9.94. The lowest BCUT2D eigenvalue weighted by Crippen LogP contribution is -2.60. The second kappa shape index (κ2) is 13.0. The fourth-order valence-corrected chi connectivity index (χ4v) is 5.35. The minimum Gasteiger partial charge on any atom is -0.464 e. The van der Waals surface area contributed by atoms with Gasteiger partial charge in [0, 0.05) is 12.5 Å². The lowest BCUT2D eigenvalue weighted by Gasteiger charge is -2.39. The third-order valence-corrected chi connectivity index (χ3v) is 8.00. The van der Waals surface area contributed by atoms with E-state index in [0.29, 0.717) is 6.42 Å². The van der Waals surface area contributed by atoms with Crippen molar-refractivity contribution >= 4 is 18.0 Å². The van der Waals surface area contributed by atoms with Gasteiger partial charge in [0.1, 0.15) is 18.2 Å². The van der Waals surface area contributed by atoms with Gasteiger partial charge in [-0.1, -0.05) is 99.1 Å². The molecular weight excluding hydrogens is 516 g/mol. The molecule has 0 bridgehead atoms. The van der Waals surface area contributed by atoms with Crippen molar-refractivity contribution in [2.75, 3.05) is 13.2 Å². The van der Waals surface area contributed by atoms with E-state index < -0.39 is 23.6 Å². The zero-order chi connectivity index (χ0) is 29.6. The van der Waals surface area contributed by atoms with Crippen molar-refractivity contribution in [2.45, 2.75) is 65.1 Å². The van der Waals surface area contributed by atoms with Crippen molar-refractivity contribution < 1.29 is 23.9 Å². The lowest BCUT2D eigenvalue weighted by molar-refractivity contribution is -0.163. The molecule has 0 aliphatic heterocycles. The normalized spacial score (nSPS) is 13.9. The topological polar surface area (TPSA) is 84.9 Å². The molecule has 7 heteroatoms. The SMILES string of the molecule is CCOC(=O)C(C)(C)N(Cc1ccccc1)C(=O)[C@@H](NC(=O)OCC1c2ccccc2-c2ccccc21)[C@@H](C)CC. The highest BCUT2D eigenvalue weighted by Gasteiger charge is 2.43. The van der Waals surface area contributed by atoms with Gasteiger partial charge in [0.05, 0.1) is 6.61 Å². The quantitative estimate of drug-likeness (QED) is 0.280. The van der Waals surface area contributed by atoms with E-state index in [9.17, 15) is 14.4 Å². The first-order valence-electron chi connectivity index (χ1n) is 14.3. The fraction of sp³-hybridized carbons (Fsp3) is 0.382. The number of ether oxygens (including phenoxy) is 2. The van der Waals surface area contributed by atoms with Crippen LogP contribution in [-0.2, 0) is 25.6 Å². The van der Waals surface area contributed by atoms with E-state index in [2.05, 4.69) is 29.6 Å². The highest BCUT2D eigenvalue weighted by molar-refractivity contribution is 5.92. The van der Waals surface area contributed by atoms with Gasteiger partial charge in [-0.05, 0) is 54.5 Å². The molecule has 2 amide bonds. The van der Waals surface area contributed by atoms with Gasteiger partial charge in [0.25, 0.3) is 0 Å². The molecule has 0 saturated heterocycles. The summed E-state index contributed by atoms with van der Waals surface area (Å²) in [6, 6.07) is 24.9. The molecule has 7 nitrogen and oxygen atoms in total. The van der Waals surface area contributed by atoms with E-state index in [1.165, 1.54) is 4.90 Å². The van der Waals surface area contributed by atoms with Gasteiger partial charge in [-0.3, -0.25) is 4.79 Å². The Bertz CT molecular complexity index is 1320. The Morgan fingerprint density at radius 3 is 1.98 bits per heavy atom. The Hall–Kier alpha value is -4.13.